The summed E-state index contributed by atoms with van der Waals surface area (Å²) < 4.78 is 5.68. The van der Waals surface area contributed by atoms with Gasteiger partial charge in [0.15, 0.2) is 11.5 Å². The van der Waals surface area contributed by atoms with Crippen LogP contribution in [0.15, 0.2) is 48.7 Å². The van der Waals surface area contributed by atoms with Gasteiger partial charge in [0.05, 0.1) is 0 Å². The summed E-state index contributed by atoms with van der Waals surface area (Å²) in [5.41, 5.74) is 8.94. The highest BCUT2D eigenvalue weighted by Gasteiger charge is 2.09. The Bertz CT molecular complexity index is 734. The number of rotatable bonds is 4. The molecule has 2 aromatic carbocycles. The predicted molar refractivity (Wildman–Crippen MR) is 78.6 cm³/mol. The van der Waals surface area contributed by atoms with Crippen LogP contribution in [0.1, 0.15) is 11.1 Å². The molecule has 4 nitrogen and oxygen atoms in total. The first-order valence-electron chi connectivity index (χ1n) is 6.48. The molecule has 0 spiro atoms. The predicted octanol–water partition coefficient (Wildman–Crippen LogP) is 2.91. The number of nitrogens with two attached hydrogens (primary N) is 1. The summed E-state index contributed by atoms with van der Waals surface area (Å²) in [4.78, 5) is 3.22. The molecule has 0 bridgehead atoms. The smallest absolute Gasteiger partial charge is 0.161 e. The minimum Gasteiger partial charge on any atom is -0.504 e. The third-order valence-corrected chi connectivity index (χ3v) is 3.34. The van der Waals surface area contributed by atoms with Crippen molar-refractivity contribution in [2.45, 2.75) is 13.2 Å². The highest BCUT2D eigenvalue weighted by molar-refractivity contribution is 5.86. The number of hydrogen-bond donors (Lipinski definition) is 3. The van der Waals surface area contributed by atoms with Gasteiger partial charge in [-0.1, -0.05) is 24.3 Å². The van der Waals surface area contributed by atoms with E-state index in [1.165, 1.54) is 0 Å². The number of nitrogens with one attached hydrogen (secondary N) is 1. The van der Waals surface area contributed by atoms with Crippen LogP contribution in [-0.4, -0.2) is 10.1 Å². The van der Waals surface area contributed by atoms with Crippen LogP contribution in [0.5, 0.6) is 11.5 Å². The first kappa shape index (κ1) is 12.6. The first-order chi connectivity index (χ1) is 9.79. The van der Waals surface area contributed by atoms with Gasteiger partial charge in [0.2, 0.25) is 0 Å². The largest absolute Gasteiger partial charge is 0.504 e. The average molecular weight is 268 g/mol. The van der Waals surface area contributed by atoms with Crippen LogP contribution in [-0.2, 0) is 13.2 Å². The molecule has 4 N–H and O–H groups in total. The zero-order valence-electron chi connectivity index (χ0n) is 11.0. The summed E-state index contributed by atoms with van der Waals surface area (Å²) >= 11 is 0. The van der Waals surface area contributed by atoms with Gasteiger partial charge in [-0.2, -0.15) is 0 Å². The van der Waals surface area contributed by atoms with Crippen molar-refractivity contribution in [3.8, 4) is 11.5 Å². The number of phenolic OH excluding ortho intramolecular Hbond substituents is 1. The van der Waals surface area contributed by atoms with Gasteiger partial charge in [0.25, 0.3) is 0 Å². The van der Waals surface area contributed by atoms with E-state index in [1.54, 1.807) is 18.2 Å². The number of aromatic nitrogens is 1. The van der Waals surface area contributed by atoms with Crippen molar-refractivity contribution in [1.29, 1.82) is 0 Å². The molecule has 0 saturated heterocycles. The van der Waals surface area contributed by atoms with E-state index in [-0.39, 0.29) is 5.75 Å². The third-order valence-electron chi connectivity index (χ3n) is 3.34. The maximum absolute atomic E-state index is 9.70. The molecule has 102 valence electrons. The summed E-state index contributed by atoms with van der Waals surface area (Å²) in [6, 6.07) is 13.0. The number of fused-ring (bicyclic) bond motifs is 1. The van der Waals surface area contributed by atoms with Crippen LogP contribution < -0.4 is 10.5 Å². The zero-order chi connectivity index (χ0) is 13.9. The molecule has 0 fully saturated rings. The van der Waals surface area contributed by atoms with Gasteiger partial charge in [-0.25, -0.2) is 0 Å². The maximum Gasteiger partial charge on any atom is 0.161 e. The Labute approximate surface area is 116 Å². The van der Waals surface area contributed by atoms with Gasteiger partial charge in [0, 0.05) is 29.2 Å². The van der Waals surface area contributed by atoms with Crippen LogP contribution in [0.4, 0.5) is 0 Å². The van der Waals surface area contributed by atoms with E-state index < -0.39 is 0 Å². The SMILES string of the molecule is NCc1cccc2[nH]cc(COc3ccccc3O)c12. The number of phenols is 1. The highest BCUT2D eigenvalue weighted by Crippen LogP contribution is 2.28. The lowest BCUT2D eigenvalue weighted by Crippen LogP contribution is -1.99. The summed E-state index contributed by atoms with van der Waals surface area (Å²) in [6.07, 6.45) is 1.92. The number of para-hydroxylation sites is 2. The van der Waals surface area contributed by atoms with Crippen molar-refractivity contribution in [2.75, 3.05) is 0 Å². The van der Waals surface area contributed by atoms with Gasteiger partial charge in [0.1, 0.15) is 6.61 Å². The van der Waals surface area contributed by atoms with Crippen molar-refractivity contribution in [3.63, 3.8) is 0 Å². The van der Waals surface area contributed by atoms with Gasteiger partial charge >= 0.3 is 0 Å². The molecular weight excluding hydrogens is 252 g/mol. The molecule has 0 amide bonds. The molecular formula is C16H16N2O2. The molecule has 1 heterocycles. The van der Waals surface area contributed by atoms with Gasteiger partial charge < -0.3 is 20.6 Å². The van der Waals surface area contributed by atoms with Gasteiger partial charge in [-0.15, -0.1) is 0 Å². The van der Waals surface area contributed by atoms with Crippen LogP contribution >= 0.6 is 0 Å². The summed E-state index contributed by atoms with van der Waals surface area (Å²) in [6.45, 7) is 0.868. The normalized spacial score (nSPS) is 10.8. The number of ether oxygens (including phenoxy) is 1. The van der Waals surface area contributed by atoms with E-state index in [2.05, 4.69) is 4.98 Å². The van der Waals surface area contributed by atoms with Crippen molar-refractivity contribution >= 4 is 10.9 Å². The number of aromatic hydroxyl groups is 1. The van der Waals surface area contributed by atoms with Crippen molar-refractivity contribution in [2.24, 2.45) is 5.73 Å². The number of hydrogen-bond acceptors (Lipinski definition) is 3. The number of H-pyrrole nitrogens is 1. The monoisotopic (exact) mass is 268 g/mol. The van der Waals surface area contributed by atoms with Gasteiger partial charge in [-0.05, 0) is 23.8 Å². The summed E-state index contributed by atoms with van der Waals surface area (Å²) in [5, 5.41) is 10.8. The third kappa shape index (κ3) is 2.21. The second-order valence-electron chi connectivity index (χ2n) is 4.61. The van der Waals surface area contributed by atoms with Crippen LogP contribution in [0.2, 0.25) is 0 Å². The van der Waals surface area contributed by atoms with Crippen LogP contribution in [0, 0.1) is 0 Å². The topological polar surface area (TPSA) is 71.3 Å². The number of benzene rings is 2. The van der Waals surface area contributed by atoms with Crippen LogP contribution in [0.25, 0.3) is 10.9 Å². The van der Waals surface area contributed by atoms with E-state index in [9.17, 15) is 5.11 Å². The van der Waals surface area contributed by atoms with E-state index in [4.69, 9.17) is 10.5 Å². The standard InChI is InChI=1S/C16H16N2O2/c17-8-11-4-3-5-13-16(11)12(9-18-13)10-20-15-7-2-1-6-14(15)19/h1-7,9,18-19H,8,10,17H2. The minimum atomic E-state index is 0.145. The number of aromatic amines is 1. The fraction of sp³-hybridized carbons (Fsp3) is 0.125. The zero-order valence-corrected chi connectivity index (χ0v) is 11.0. The Kier molecular flexibility index (Phi) is 3.31. The lowest BCUT2D eigenvalue weighted by atomic mass is 10.1. The molecule has 0 aliphatic rings. The quantitative estimate of drug-likeness (QED) is 0.681. The fourth-order valence-electron chi connectivity index (χ4n) is 2.36. The highest BCUT2D eigenvalue weighted by atomic mass is 16.5. The van der Waals surface area contributed by atoms with E-state index in [1.807, 2.05) is 30.5 Å². The molecule has 0 atom stereocenters. The molecule has 3 aromatic rings. The van der Waals surface area contributed by atoms with Crippen LogP contribution in [0.3, 0.4) is 0 Å². The molecule has 0 aliphatic heterocycles. The lowest BCUT2D eigenvalue weighted by Gasteiger charge is -2.08. The lowest BCUT2D eigenvalue weighted by molar-refractivity contribution is 0.290. The van der Waals surface area contributed by atoms with E-state index >= 15 is 0 Å². The van der Waals surface area contributed by atoms with E-state index in [0.717, 1.165) is 22.0 Å². The second-order valence-corrected chi connectivity index (χ2v) is 4.61. The molecule has 20 heavy (non-hydrogen) atoms. The average Bonchev–Trinajstić information content (AvgIpc) is 2.90. The van der Waals surface area contributed by atoms with Gasteiger partial charge in [-0.3, -0.25) is 0 Å². The Hall–Kier alpha value is -2.46. The van der Waals surface area contributed by atoms with Crippen molar-refractivity contribution in [3.05, 3.63) is 59.8 Å². The van der Waals surface area contributed by atoms with Crippen molar-refractivity contribution < 1.29 is 9.84 Å². The molecule has 0 saturated carbocycles. The molecule has 0 unspecified atom stereocenters. The molecule has 4 heteroatoms. The first-order valence-corrected chi connectivity index (χ1v) is 6.48. The molecule has 0 aliphatic carbocycles. The molecule has 3 rings (SSSR count). The molecule has 1 aromatic heterocycles. The Morgan fingerprint density at radius 1 is 1.05 bits per heavy atom. The fourth-order valence-corrected chi connectivity index (χ4v) is 2.36. The Balaban J connectivity index is 1.90. The summed E-state index contributed by atoms with van der Waals surface area (Å²) in [5.74, 6) is 0.624. The second kappa shape index (κ2) is 5.27. The van der Waals surface area contributed by atoms with E-state index in [0.29, 0.717) is 18.9 Å². The van der Waals surface area contributed by atoms with Crippen molar-refractivity contribution in [1.82, 2.24) is 4.98 Å². The molecule has 0 radical (unpaired) electrons. The minimum absolute atomic E-state index is 0.145. The maximum atomic E-state index is 9.70. The Morgan fingerprint density at radius 2 is 1.90 bits per heavy atom. The summed E-state index contributed by atoms with van der Waals surface area (Å²) in [7, 11) is 0. The Morgan fingerprint density at radius 3 is 2.70 bits per heavy atom.